The van der Waals surface area contributed by atoms with Gasteiger partial charge in [0, 0.05) is 35.9 Å². The number of pyridine rings is 2. The minimum Gasteiger partial charge on any atom is -0.307 e. The first-order chi connectivity index (χ1) is 8.86. The van der Waals surface area contributed by atoms with Crippen LogP contribution < -0.4 is 0 Å². The van der Waals surface area contributed by atoms with E-state index >= 15 is 0 Å². The summed E-state index contributed by atoms with van der Waals surface area (Å²) in [5.74, 6) is 0. The topological polar surface area (TPSA) is 77.0 Å². The second-order valence-corrected chi connectivity index (χ2v) is 2.80. The number of rotatable bonds is 2. The summed E-state index contributed by atoms with van der Waals surface area (Å²) >= 11 is 0. The molecular weight excluding hydrogens is 232 g/mol. The van der Waals surface area contributed by atoms with Crippen molar-refractivity contribution in [2.24, 2.45) is 0 Å². The molecule has 0 bridgehead atoms. The molecule has 5 nitrogen and oxygen atoms in total. The van der Waals surface area contributed by atoms with E-state index < -0.39 is 0 Å². The molecule has 2 rings (SSSR count). The third-order valence-electron chi connectivity index (χ3n) is 1.68. The fourth-order valence-electron chi connectivity index (χ4n) is 0.884. The summed E-state index contributed by atoms with van der Waals surface area (Å²) in [6.07, 6.45) is 7.93. The van der Waals surface area contributed by atoms with Crippen molar-refractivity contribution >= 4 is 19.4 Å². The molecule has 0 saturated heterocycles. The van der Waals surface area contributed by atoms with Crippen LogP contribution in [-0.2, 0) is 4.79 Å². The van der Waals surface area contributed by atoms with E-state index in [0.717, 1.165) is 12.6 Å². The number of carbonyl (C=O) groups is 3. The predicted molar refractivity (Wildman–Crippen MR) is 66.4 cm³/mol. The van der Waals surface area contributed by atoms with Crippen molar-refractivity contribution < 1.29 is 14.4 Å². The monoisotopic (exact) mass is 244 g/mol. The van der Waals surface area contributed by atoms with Gasteiger partial charge in [-0.25, -0.2) is 0 Å². The number of hydrogen-bond acceptors (Lipinski definition) is 5. The Morgan fingerprint density at radius 3 is 1.17 bits per heavy atom. The number of carbonyl (C=O) groups excluding carboxylic acids is 3. The first-order valence-corrected chi connectivity index (χ1v) is 4.86. The summed E-state index contributed by atoms with van der Waals surface area (Å²) in [5.41, 5.74) is 1.33. The summed E-state index contributed by atoms with van der Waals surface area (Å²) in [6.45, 7) is 2.00. The Morgan fingerprint density at radius 2 is 1.00 bits per heavy atom. The smallest absolute Gasteiger partial charge is 0.150 e. The van der Waals surface area contributed by atoms with Crippen LogP contribution in [0.4, 0.5) is 0 Å². The third-order valence-corrected chi connectivity index (χ3v) is 1.68. The maximum Gasteiger partial charge on any atom is 0.150 e. The largest absolute Gasteiger partial charge is 0.307 e. The van der Waals surface area contributed by atoms with Gasteiger partial charge >= 0.3 is 0 Å². The highest BCUT2D eigenvalue weighted by atomic mass is 16.1. The van der Waals surface area contributed by atoms with Crippen LogP contribution in [-0.4, -0.2) is 29.3 Å². The van der Waals surface area contributed by atoms with Gasteiger partial charge < -0.3 is 4.79 Å². The lowest BCUT2D eigenvalue weighted by Gasteiger charge is -1.81. The lowest BCUT2D eigenvalue weighted by molar-refractivity contribution is -0.0980. The Hall–Kier alpha value is -2.69. The van der Waals surface area contributed by atoms with Crippen LogP contribution in [0.15, 0.2) is 49.1 Å². The second kappa shape index (κ2) is 10.8. The van der Waals surface area contributed by atoms with Gasteiger partial charge in [-0.05, 0) is 24.3 Å². The molecule has 0 aliphatic heterocycles. The molecule has 2 heterocycles. The quantitative estimate of drug-likeness (QED) is 0.750. The van der Waals surface area contributed by atoms with Gasteiger partial charge in [-0.1, -0.05) is 0 Å². The van der Waals surface area contributed by atoms with E-state index in [1.54, 1.807) is 49.1 Å². The molecule has 0 radical (unpaired) electrons. The van der Waals surface area contributed by atoms with Gasteiger partial charge in [0.05, 0.1) is 0 Å². The van der Waals surface area contributed by atoms with Crippen LogP contribution in [0.3, 0.4) is 0 Å². The van der Waals surface area contributed by atoms with E-state index in [9.17, 15) is 9.59 Å². The van der Waals surface area contributed by atoms with Gasteiger partial charge in [0.1, 0.15) is 19.4 Å². The van der Waals surface area contributed by atoms with Crippen molar-refractivity contribution in [3.05, 3.63) is 60.2 Å². The van der Waals surface area contributed by atoms with Crippen molar-refractivity contribution in [3.63, 3.8) is 0 Å². The molecule has 0 aromatic carbocycles. The molecule has 0 atom stereocenters. The highest BCUT2D eigenvalue weighted by molar-refractivity contribution is 5.74. The van der Waals surface area contributed by atoms with Gasteiger partial charge in [0.2, 0.25) is 0 Å². The van der Waals surface area contributed by atoms with Crippen LogP contribution in [0.2, 0.25) is 0 Å². The van der Waals surface area contributed by atoms with E-state index in [-0.39, 0.29) is 0 Å². The zero-order valence-corrected chi connectivity index (χ0v) is 9.60. The van der Waals surface area contributed by atoms with Gasteiger partial charge in [-0.3, -0.25) is 19.6 Å². The van der Waals surface area contributed by atoms with Gasteiger partial charge in [0.15, 0.2) is 0 Å². The normalized spacial score (nSPS) is 7.78. The van der Waals surface area contributed by atoms with E-state index in [4.69, 9.17) is 4.79 Å². The Labute approximate surface area is 105 Å². The average molecular weight is 244 g/mol. The molecule has 0 aliphatic carbocycles. The lowest BCUT2D eigenvalue weighted by atomic mass is 10.3. The zero-order chi connectivity index (χ0) is 13.6. The van der Waals surface area contributed by atoms with Crippen LogP contribution in [0, 0.1) is 0 Å². The maximum atomic E-state index is 9.98. The number of hydrogen-bond donors (Lipinski definition) is 0. The van der Waals surface area contributed by atoms with Crippen molar-refractivity contribution in [2.75, 3.05) is 0 Å². The lowest BCUT2D eigenvalue weighted by Crippen LogP contribution is -1.76. The molecule has 0 spiro atoms. The van der Waals surface area contributed by atoms with Crippen LogP contribution in [0.1, 0.15) is 20.7 Å². The van der Waals surface area contributed by atoms with E-state index in [1.807, 2.05) is 6.79 Å². The van der Waals surface area contributed by atoms with Crippen molar-refractivity contribution in [1.29, 1.82) is 0 Å². The van der Waals surface area contributed by atoms with Crippen molar-refractivity contribution in [1.82, 2.24) is 9.97 Å². The third kappa shape index (κ3) is 6.73. The second-order valence-electron chi connectivity index (χ2n) is 2.80. The molecule has 0 N–H and O–H groups in total. The summed E-state index contributed by atoms with van der Waals surface area (Å²) in [5, 5.41) is 0. The predicted octanol–water partition coefficient (Wildman–Crippen LogP) is 1.60. The summed E-state index contributed by atoms with van der Waals surface area (Å²) in [6, 6.07) is 6.64. The fraction of sp³-hybridized carbons (Fsp3) is 0. The molecule has 5 heteroatoms. The van der Waals surface area contributed by atoms with Crippen LogP contribution >= 0.6 is 0 Å². The molecule has 92 valence electrons. The highest BCUT2D eigenvalue weighted by Crippen LogP contribution is 1.88. The molecule has 0 fully saturated rings. The maximum absolute atomic E-state index is 9.98. The first-order valence-electron chi connectivity index (χ1n) is 4.86. The van der Waals surface area contributed by atoms with E-state index in [1.165, 1.54) is 0 Å². The zero-order valence-electron chi connectivity index (χ0n) is 9.60. The standard InChI is InChI=1S/2C6H5NO.CH2O/c2*8-5-6-1-3-7-4-2-6;1-2/h2*1-5H;1H2. The number of aromatic nitrogens is 2. The fourth-order valence-corrected chi connectivity index (χ4v) is 0.884. The molecule has 0 amide bonds. The number of nitrogens with zero attached hydrogens (tertiary/aromatic N) is 2. The Bertz CT molecular complexity index is 403. The molecule has 0 saturated carbocycles. The Morgan fingerprint density at radius 1 is 0.722 bits per heavy atom. The van der Waals surface area contributed by atoms with Gasteiger partial charge in [-0.15, -0.1) is 0 Å². The van der Waals surface area contributed by atoms with Crippen LogP contribution in [0.25, 0.3) is 0 Å². The SMILES string of the molecule is C=O.O=Cc1ccncc1.O=Cc1ccncc1. The first kappa shape index (κ1) is 15.3. The minimum absolute atomic E-state index is 0.667. The van der Waals surface area contributed by atoms with E-state index in [0.29, 0.717) is 11.1 Å². The molecule has 2 aromatic rings. The van der Waals surface area contributed by atoms with Gasteiger partial charge in [0.25, 0.3) is 0 Å². The van der Waals surface area contributed by atoms with Crippen molar-refractivity contribution in [2.45, 2.75) is 0 Å². The molecule has 0 unspecified atom stereocenters. The molecular formula is C13H12N2O3. The molecule has 0 aliphatic rings. The minimum atomic E-state index is 0.667. The van der Waals surface area contributed by atoms with Gasteiger partial charge in [-0.2, -0.15) is 0 Å². The highest BCUT2D eigenvalue weighted by Gasteiger charge is 1.81. The van der Waals surface area contributed by atoms with Crippen LogP contribution in [0.5, 0.6) is 0 Å². The summed E-state index contributed by atoms with van der Waals surface area (Å²) < 4.78 is 0. The van der Waals surface area contributed by atoms with Crippen molar-refractivity contribution in [3.8, 4) is 0 Å². The Kier molecular flexibility index (Phi) is 9.20. The van der Waals surface area contributed by atoms with E-state index in [2.05, 4.69) is 9.97 Å². The summed E-state index contributed by atoms with van der Waals surface area (Å²) in [7, 11) is 0. The number of aldehydes is 2. The Balaban J connectivity index is 0.000000283. The summed E-state index contributed by atoms with van der Waals surface area (Å²) in [4.78, 5) is 35.4. The average Bonchev–Trinajstić information content (AvgIpc) is 2.51. The molecule has 18 heavy (non-hydrogen) atoms. The molecule has 2 aromatic heterocycles.